The average Bonchev–Trinajstić information content (AvgIpc) is 3.20. The third-order valence-electron chi connectivity index (χ3n) is 3.95. The van der Waals surface area contributed by atoms with Gasteiger partial charge in [0.25, 0.3) is 0 Å². The number of hydrogen-bond acceptors (Lipinski definition) is 1. The number of rotatable bonds is 5. The summed E-state index contributed by atoms with van der Waals surface area (Å²) in [4.78, 5) is 0. The Morgan fingerprint density at radius 3 is 2.53 bits per heavy atom. The number of aryl methyl sites for hydroxylation is 1. The van der Waals surface area contributed by atoms with Crippen molar-refractivity contribution in [2.45, 2.75) is 25.9 Å². The summed E-state index contributed by atoms with van der Waals surface area (Å²) < 4.78 is 5.84. The van der Waals surface area contributed by atoms with E-state index in [1.807, 2.05) is 6.07 Å². The highest BCUT2D eigenvalue weighted by Gasteiger charge is 2.38. The molecule has 0 heterocycles. The largest absolute Gasteiger partial charge is 0.376 e. The first kappa shape index (κ1) is 12.4. The maximum absolute atomic E-state index is 5.84. The topological polar surface area (TPSA) is 9.23 Å². The molecule has 1 aliphatic rings. The van der Waals surface area contributed by atoms with Gasteiger partial charge in [-0.15, -0.1) is 0 Å². The van der Waals surface area contributed by atoms with Crippen LogP contribution in [-0.2, 0) is 11.3 Å². The Bertz CT molecular complexity index is 532. The Morgan fingerprint density at radius 1 is 1.00 bits per heavy atom. The van der Waals surface area contributed by atoms with Crippen LogP contribution in [0.3, 0.4) is 0 Å². The smallest absolute Gasteiger partial charge is 0.0717 e. The predicted octanol–water partition coefficient (Wildman–Crippen LogP) is 4.32. The van der Waals surface area contributed by atoms with E-state index in [-0.39, 0.29) is 0 Å². The number of hydrogen-bond donors (Lipinski definition) is 0. The highest BCUT2D eigenvalue weighted by molar-refractivity contribution is 5.33. The van der Waals surface area contributed by atoms with Gasteiger partial charge in [-0.3, -0.25) is 0 Å². The molecule has 0 radical (unpaired) electrons. The van der Waals surface area contributed by atoms with E-state index in [9.17, 15) is 0 Å². The van der Waals surface area contributed by atoms with Crippen LogP contribution in [0.2, 0.25) is 0 Å². The minimum absolute atomic E-state index is 0.713. The van der Waals surface area contributed by atoms with E-state index in [4.69, 9.17) is 4.74 Å². The molecule has 98 valence electrons. The molecule has 0 unspecified atom stereocenters. The van der Waals surface area contributed by atoms with Crippen LogP contribution in [0.1, 0.15) is 29.0 Å². The summed E-state index contributed by atoms with van der Waals surface area (Å²) >= 11 is 0. The normalized spacial score (nSPS) is 21.3. The van der Waals surface area contributed by atoms with Gasteiger partial charge in [-0.1, -0.05) is 54.6 Å². The van der Waals surface area contributed by atoms with Crippen LogP contribution in [0.4, 0.5) is 0 Å². The van der Waals surface area contributed by atoms with Crippen LogP contribution in [0, 0.1) is 12.8 Å². The number of benzene rings is 2. The molecule has 2 aromatic carbocycles. The highest BCUT2D eigenvalue weighted by atomic mass is 16.5. The molecule has 1 heteroatoms. The molecule has 0 aromatic heterocycles. The maximum Gasteiger partial charge on any atom is 0.0717 e. The summed E-state index contributed by atoms with van der Waals surface area (Å²) in [7, 11) is 0. The van der Waals surface area contributed by atoms with E-state index in [1.54, 1.807) is 0 Å². The van der Waals surface area contributed by atoms with E-state index in [2.05, 4.69) is 55.5 Å². The van der Waals surface area contributed by atoms with Crippen molar-refractivity contribution < 1.29 is 4.74 Å². The van der Waals surface area contributed by atoms with Gasteiger partial charge in [-0.05, 0) is 41.9 Å². The van der Waals surface area contributed by atoms with E-state index in [0.29, 0.717) is 5.92 Å². The van der Waals surface area contributed by atoms with E-state index in [0.717, 1.165) is 19.1 Å². The Kier molecular flexibility index (Phi) is 3.65. The molecule has 2 aromatic rings. The Hall–Kier alpha value is -1.60. The van der Waals surface area contributed by atoms with Crippen molar-refractivity contribution in [1.29, 1.82) is 0 Å². The molecule has 1 nitrogen and oxygen atoms in total. The van der Waals surface area contributed by atoms with E-state index >= 15 is 0 Å². The molecule has 0 N–H and O–H groups in total. The molecular formula is C18H20O. The zero-order valence-electron chi connectivity index (χ0n) is 11.4. The Labute approximate surface area is 115 Å². The van der Waals surface area contributed by atoms with Crippen LogP contribution >= 0.6 is 0 Å². The Morgan fingerprint density at radius 2 is 1.74 bits per heavy atom. The van der Waals surface area contributed by atoms with Gasteiger partial charge in [-0.2, -0.15) is 0 Å². The summed E-state index contributed by atoms with van der Waals surface area (Å²) in [6.07, 6.45) is 1.28. The second-order valence-electron chi connectivity index (χ2n) is 5.46. The van der Waals surface area contributed by atoms with Crippen molar-refractivity contribution in [3.05, 3.63) is 71.3 Å². The monoisotopic (exact) mass is 252 g/mol. The van der Waals surface area contributed by atoms with Crippen LogP contribution in [0.25, 0.3) is 0 Å². The molecule has 1 saturated carbocycles. The predicted molar refractivity (Wildman–Crippen MR) is 78.1 cm³/mol. The average molecular weight is 252 g/mol. The molecule has 0 saturated heterocycles. The minimum atomic E-state index is 0.713. The van der Waals surface area contributed by atoms with Crippen molar-refractivity contribution in [2.75, 3.05) is 6.61 Å². The van der Waals surface area contributed by atoms with Gasteiger partial charge in [0.2, 0.25) is 0 Å². The van der Waals surface area contributed by atoms with Crippen LogP contribution < -0.4 is 0 Å². The van der Waals surface area contributed by atoms with E-state index < -0.39 is 0 Å². The molecule has 2 atom stereocenters. The summed E-state index contributed by atoms with van der Waals surface area (Å²) in [6.45, 7) is 3.82. The quantitative estimate of drug-likeness (QED) is 0.770. The lowest BCUT2D eigenvalue weighted by Crippen LogP contribution is -1.99. The first-order chi connectivity index (χ1) is 9.34. The van der Waals surface area contributed by atoms with Gasteiger partial charge in [0, 0.05) is 0 Å². The second kappa shape index (κ2) is 5.58. The van der Waals surface area contributed by atoms with Crippen LogP contribution in [0.5, 0.6) is 0 Å². The standard InChI is InChI=1S/C18H20O/c1-14-7-5-6-10-17(14)18-11-16(18)13-19-12-15-8-3-2-4-9-15/h2-10,16,18H,11-13H2,1H3/t16-,18+/m0/s1. The third kappa shape index (κ3) is 3.05. The zero-order chi connectivity index (χ0) is 13.1. The van der Waals surface area contributed by atoms with Crippen LogP contribution in [0.15, 0.2) is 54.6 Å². The van der Waals surface area contributed by atoms with Crippen LogP contribution in [-0.4, -0.2) is 6.61 Å². The Balaban J connectivity index is 1.48. The van der Waals surface area contributed by atoms with Crippen molar-refractivity contribution in [1.82, 2.24) is 0 Å². The lowest BCUT2D eigenvalue weighted by molar-refractivity contribution is 0.110. The SMILES string of the molecule is Cc1ccccc1[C@@H]1C[C@H]1COCc1ccccc1. The highest BCUT2D eigenvalue weighted by Crippen LogP contribution is 2.48. The van der Waals surface area contributed by atoms with Crippen molar-refractivity contribution >= 4 is 0 Å². The molecule has 19 heavy (non-hydrogen) atoms. The first-order valence-electron chi connectivity index (χ1n) is 7.02. The van der Waals surface area contributed by atoms with Gasteiger partial charge in [-0.25, -0.2) is 0 Å². The zero-order valence-corrected chi connectivity index (χ0v) is 11.4. The fourth-order valence-corrected chi connectivity index (χ4v) is 2.72. The first-order valence-corrected chi connectivity index (χ1v) is 7.02. The van der Waals surface area contributed by atoms with Gasteiger partial charge in [0.15, 0.2) is 0 Å². The lowest BCUT2D eigenvalue weighted by Gasteiger charge is -2.06. The fourth-order valence-electron chi connectivity index (χ4n) is 2.72. The van der Waals surface area contributed by atoms with Crippen molar-refractivity contribution in [3.8, 4) is 0 Å². The minimum Gasteiger partial charge on any atom is -0.376 e. The molecule has 1 aliphatic carbocycles. The molecule has 3 rings (SSSR count). The summed E-state index contributed by atoms with van der Waals surface area (Å²) in [6, 6.07) is 19.1. The van der Waals surface area contributed by atoms with Crippen molar-refractivity contribution in [2.24, 2.45) is 5.92 Å². The van der Waals surface area contributed by atoms with Gasteiger partial charge >= 0.3 is 0 Å². The van der Waals surface area contributed by atoms with E-state index in [1.165, 1.54) is 23.1 Å². The van der Waals surface area contributed by atoms with Gasteiger partial charge in [0.05, 0.1) is 13.2 Å². The summed E-state index contributed by atoms with van der Waals surface area (Å²) in [5.74, 6) is 1.43. The number of ether oxygens (including phenoxy) is 1. The summed E-state index contributed by atoms with van der Waals surface area (Å²) in [5, 5.41) is 0. The fraction of sp³-hybridized carbons (Fsp3) is 0.333. The molecule has 0 amide bonds. The maximum atomic E-state index is 5.84. The van der Waals surface area contributed by atoms with Crippen molar-refractivity contribution in [3.63, 3.8) is 0 Å². The molecule has 1 fully saturated rings. The van der Waals surface area contributed by atoms with Gasteiger partial charge < -0.3 is 4.74 Å². The summed E-state index contributed by atoms with van der Waals surface area (Å²) in [5.41, 5.74) is 4.18. The molecular weight excluding hydrogens is 232 g/mol. The molecule has 0 aliphatic heterocycles. The lowest BCUT2D eigenvalue weighted by atomic mass is 10.0. The third-order valence-corrected chi connectivity index (χ3v) is 3.95. The second-order valence-corrected chi connectivity index (χ2v) is 5.46. The van der Waals surface area contributed by atoms with Gasteiger partial charge in [0.1, 0.15) is 0 Å². The molecule has 0 bridgehead atoms. The molecule has 0 spiro atoms.